The summed E-state index contributed by atoms with van der Waals surface area (Å²) in [7, 11) is 0. The molecule has 1 saturated heterocycles. The van der Waals surface area contributed by atoms with E-state index in [1.165, 1.54) is 38.5 Å². The molecule has 3 nitrogen and oxygen atoms in total. The third-order valence-electron chi connectivity index (χ3n) is 4.20. The average molecular weight is 225 g/mol. The van der Waals surface area contributed by atoms with Gasteiger partial charge in [0.05, 0.1) is 0 Å². The molecule has 1 unspecified atom stereocenters. The molecule has 0 amide bonds. The monoisotopic (exact) mass is 225 g/mol. The lowest BCUT2D eigenvalue weighted by Gasteiger charge is -2.26. The number of carbonyl (C=O) groups is 1. The number of likely N-dealkylation sites (tertiary alicyclic amines) is 1. The first-order valence-corrected chi connectivity index (χ1v) is 6.74. The van der Waals surface area contributed by atoms with Crippen LogP contribution in [0.1, 0.15) is 51.4 Å². The predicted molar refractivity (Wildman–Crippen MR) is 63.4 cm³/mol. The van der Waals surface area contributed by atoms with Crippen LogP contribution in [0.4, 0.5) is 0 Å². The zero-order valence-electron chi connectivity index (χ0n) is 10.0. The molecular weight excluding hydrogens is 202 g/mol. The molecule has 0 aromatic rings. The number of carboxylic acids is 1. The molecule has 1 aliphatic carbocycles. The van der Waals surface area contributed by atoms with Crippen molar-refractivity contribution in [3.05, 3.63) is 0 Å². The number of hydrogen-bond acceptors (Lipinski definition) is 2. The van der Waals surface area contributed by atoms with Crippen LogP contribution in [0.5, 0.6) is 0 Å². The molecular formula is C13H23NO2. The normalized spacial score (nSPS) is 28.4. The molecule has 2 rings (SSSR count). The number of carboxylic acid groups (broad SMARTS) is 1. The lowest BCUT2D eigenvalue weighted by molar-refractivity contribution is -0.142. The van der Waals surface area contributed by atoms with E-state index in [2.05, 4.69) is 4.90 Å². The van der Waals surface area contributed by atoms with E-state index < -0.39 is 5.97 Å². The van der Waals surface area contributed by atoms with Gasteiger partial charge in [-0.2, -0.15) is 0 Å². The van der Waals surface area contributed by atoms with Crippen LogP contribution in [0.3, 0.4) is 0 Å². The highest BCUT2D eigenvalue weighted by atomic mass is 16.4. The van der Waals surface area contributed by atoms with Gasteiger partial charge in [-0.15, -0.1) is 0 Å². The van der Waals surface area contributed by atoms with Crippen molar-refractivity contribution in [1.82, 2.24) is 4.90 Å². The second-order valence-corrected chi connectivity index (χ2v) is 5.32. The van der Waals surface area contributed by atoms with Gasteiger partial charge in [0.1, 0.15) is 6.04 Å². The van der Waals surface area contributed by atoms with Crippen LogP contribution >= 0.6 is 0 Å². The first kappa shape index (κ1) is 11.9. The van der Waals surface area contributed by atoms with Crippen molar-refractivity contribution in [1.29, 1.82) is 0 Å². The summed E-state index contributed by atoms with van der Waals surface area (Å²) >= 11 is 0. The van der Waals surface area contributed by atoms with E-state index >= 15 is 0 Å². The zero-order chi connectivity index (χ0) is 11.4. The van der Waals surface area contributed by atoms with Gasteiger partial charge in [-0.1, -0.05) is 32.1 Å². The zero-order valence-corrected chi connectivity index (χ0v) is 10.0. The Morgan fingerprint density at radius 3 is 2.56 bits per heavy atom. The highest BCUT2D eigenvalue weighted by Crippen LogP contribution is 2.27. The van der Waals surface area contributed by atoms with E-state index in [1.807, 2.05) is 0 Å². The molecule has 1 heterocycles. The summed E-state index contributed by atoms with van der Waals surface area (Å²) in [6.45, 7) is 1.99. The van der Waals surface area contributed by atoms with E-state index in [1.54, 1.807) is 0 Å². The SMILES string of the molecule is O=C(O)C1CCCN1CCC1CCCCC1. The molecule has 1 saturated carbocycles. The van der Waals surface area contributed by atoms with E-state index in [9.17, 15) is 4.79 Å². The molecule has 92 valence electrons. The Morgan fingerprint density at radius 2 is 1.88 bits per heavy atom. The predicted octanol–water partition coefficient (Wildman–Crippen LogP) is 2.51. The molecule has 3 heteroatoms. The molecule has 0 bridgehead atoms. The topological polar surface area (TPSA) is 40.5 Å². The third kappa shape index (κ3) is 2.97. The Labute approximate surface area is 97.8 Å². The molecule has 2 fully saturated rings. The Hall–Kier alpha value is -0.570. The number of hydrogen-bond donors (Lipinski definition) is 1. The standard InChI is InChI=1S/C13H23NO2/c15-13(16)12-7-4-9-14(12)10-8-11-5-2-1-3-6-11/h11-12H,1-10H2,(H,15,16). The van der Waals surface area contributed by atoms with Crippen molar-refractivity contribution in [2.75, 3.05) is 13.1 Å². The first-order chi connectivity index (χ1) is 7.77. The highest BCUT2D eigenvalue weighted by molar-refractivity contribution is 5.73. The number of nitrogens with zero attached hydrogens (tertiary/aromatic N) is 1. The molecule has 0 aromatic heterocycles. The fourth-order valence-corrected chi connectivity index (χ4v) is 3.20. The smallest absolute Gasteiger partial charge is 0.320 e. The Bertz CT molecular complexity index is 236. The Balaban J connectivity index is 1.73. The van der Waals surface area contributed by atoms with Crippen LogP contribution in [0.15, 0.2) is 0 Å². The van der Waals surface area contributed by atoms with Gasteiger partial charge in [0.15, 0.2) is 0 Å². The van der Waals surface area contributed by atoms with Gasteiger partial charge in [-0.3, -0.25) is 9.69 Å². The Kier molecular flexibility index (Phi) is 4.22. The van der Waals surface area contributed by atoms with Crippen LogP contribution in [0.2, 0.25) is 0 Å². The van der Waals surface area contributed by atoms with Crippen molar-refractivity contribution in [3.63, 3.8) is 0 Å². The Morgan fingerprint density at radius 1 is 1.12 bits per heavy atom. The summed E-state index contributed by atoms with van der Waals surface area (Å²) in [5.41, 5.74) is 0. The lowest BCUT2D eigenvalue weighted by Crippen LogP contribution is -2.37. The minimum Gasteiger partial charge on any atom is -0.480 e. The second kappa shape index (κ2) is 5.67. The van der Waals surface area contributed by atoms with Crippen LogP contribution in [-0.4, -0.2) is 35.1 Å². The summed E-state index contributed by atoms with van der Waals surface area (Å²) in [6.07, 6.45) is 10.0. The van der Waals surface area contributed by atoms with E-state index in [0.717, 1.165) is 31.8 Å². The van der Waals surface area contributed by atoms with Crippen molar-refractivity contribution in [3.8, 4) is 0 Å². The minimum absolute atomic E-state index is 0.191. The molecule has 0 radical (unpaired) electrons. The summed E-state index contributed by atoms with van der Waals surface area (Å²) in [6, 6.07) is -0.191. The molecule has 16 heavy (non-hydrogen) atoms. The molecule has 1 atom stereocenters. The minimum atomic E-state index is -0.624. The largest absolute Gasteiger partial charge is 0.480 e. The highest BCUT2D eigenvalue weighted by Gasteiger charge is 2.30. The van der Waals surface area contributed by atoms with Gasteiger partial charge >= 0.3 is 5.97 Å². The van der Waals surface area contributed by atoms with Crippen molar-refractivity contribution >= 4 is 5.97 Å². The number of rotatable bonds is 4. The van der Waals surface area contributed by atoms with Crippen LogP contribution in [0, 0.1) is 5.92 Å². The molecule has 2 aliphatic rings. The molecule has 1 aliphatic heterocycles. The van der Waals surface area contributed by atoms with Gasteiger partial charge in [0.2, 0.25) is 0 Å². The quantitative estimate of drug-likeness (QED) is 0.799. The third-order valence-corrected chi connectivity index (χ3v) is 4.20. The van der Waals surface area contributed by atoms with Gasteiger partial charge in [-0.05, 0) is 38.3 Å². The van der Waals surface area contributed by atoms with Crippen LogP contribution in [0.25, 0.3) is 0 Å². The molecule has 0 spiro atoms. The first-order valence-electron chi connectivity index (χ1n) is 6.74. The average Bonchev–Trinajstić information content (AvgIpc) is 2.76. The summed E-state index contributed by atoms with van der Waals surface area (Å²) in [5, 5.41) is 9.08. The van der Waals surface area contributed by atoms with Crippen LogP contribution < -0.4 is 0 Å². The molecule has 0 aromatic carbocycles. The summed E-state index contributed by atoms with van der Waals surface area (Å²) < 4.78 is 0. The fourth-order valence-electron chi connectivity index (χ4n) is 3.20. The summed E-state index contributed by atoms with van der Waals surface area (Å²) in [4.78, 5) is 13.2. The summed E-state index contributed by atoms with van der Waals surface area (Å²) in [5.74, 6) is 0.241. The van der Waals surface area contributed by atoms with Gasteiger partial charge < -0.3 is 5.11 Å². The van der Waals surface area contributed by atoms with E-state index in [-0.39, 0.29) is 6.04 Å². The van der Waals surface area contributed by atoms with Gasteiger partial charge in [0.25, 0.3) is 0 Å². The second-order valence-electron chi connectivity index (χ2n) is 5.32. The van der Waals surface area contributed by atoms with Crippen LogP contribution in [-0.2, 0) is 4.79 Å². The molecule has 1 N–H and O–H groups in total. The maximum absolute atomic E-state index is 11.0. The van der Waals surface area contributed by atoms with E-state index in [4.69, 9.17) is 5.11 Å². The maximum Gasteiger partial charge on any atom is 0.320 e. The lowest BCUT2D eigenvalue weighted by atomic mass is 9.87. The maximum atomic E-state index is 11.0. The fraction of sp³-hybridized carbons (Fsp3) is 0.923. The van der Waals surface area contributed by atoms with Gasteiger partial charge in [-0.25, -0.2) is 0 Å². The van der Waals surface area contributed by atoms with Gasteiger partial charge in [0, 0.05) is 0 Å². The van der Waals surface area contributed by atoms with E-state index in [0.29, 0.717) is 0 Å². The van der Waals surface area contributed by atoms with Crippen molar-refractivity contribution in [2.45, 2.75) is 57.4 Å². The van der Waals surface area contributed by atoms with Crippen molar-refractivity contribution in [2.24, 2.45) is 5.92 Å². The number of aliphatic carboxylic acids is 1. The van der Waals surface area contributed by atoms with Crippen molar-refractivity contribution < 1.29 is 9.90 Å².